The number of aromatic amines is 1. The minimum absolute atomic E-state index is 0.237. The highest BCUT2D eigenvalue weighted by molar-refractivity contribution is 5.86. The van der Waals surface area contributed by atoms with Crippen molar-refractivity contribution in [1.82, 2.24) is 19.1 Å². The molecular formula is C11H12N4O4. The Kier molecular flexibility index (Phi) is 3.32. The fourth-order valence-electron chi connectivity index (χ4n) is 1.69. The van der Waals surface area contributed by atoms with E-state index < -0.39 is 22.8 Å². The van der Waals surface area contributed by atoms with Crippen LogP contribution in [-0.2, 0) is 20.0 Å². The van der Waals surface area contributed by atoms with Gasteiger partial charge in [0.05, 0.1) is 0 Å². The summed E-state index contributed by atoms with van der Waals surface area (Å²) in [4.78, 5) is 39.7. The summed E-state index contributed by atoms with van der Waals surface area (Å²) in [6.07, 6.45) is 4.91. The largest absolute Gasteiger partial charge is 0.477 e. The van der Waals surface area contributed by atoms with Crippen LogP contribution < -0.4 is 11.2 Å². The lowest BCUT2D eigenvalue weighted by Gasteiger charge is -2.06. The Balaban J connectivity index is 2.28. The molecule has 8 nitrogen and oxygen atoms in total. The van der Waals surface area contributed by atoms with Gasteiger partial charge in [0.2, 0.25) is 0 Å². The molecule has 0 fully saturated rings. The molecule has 8 heteroatoms. The summed E-state index contributed by atoms with van der Waals surface area (Å²) in [6.45, 7) is 0.237. The smallest absolute Gasteiger partial charge is 0.342 e. The van der Waals surface area contributed by atoms with E-state index in [-0.39, 0.29) is 6.54 Å². The molecule has 0 radical (unpaired) electrons. The summed E-state index contributed by atoms with van der Waals surface area (Å²) in [5.74, 6) is -0.609. The second-order valence-corrected chi connectivity index (χ2v) is 4.00. The first-order chi connectivity index (χ1) is 8.99. The second kappa shape index (κ2) is 4.92. The first-order valence-electron chi connectivity index (χ1n) is 5.52. The van der Waals surface area contributed by atoms with E-state index in [1.807, 2.05) is 12.0 Å². The monoisotopic (exact) mass is 264 g/mol. The number of imidazole rings is 1. The van der Waals surface area contributed by atoms with Gasteiger partial charge < -0.3 is 9.67 Å². The minimum Gasteiger partial charge on any atom is -0.477 e. The summed E-state index contributed by atoms with van der Waals surface area (Å²) in [5.41, 5.74) is -1.99. The van der Waals surface area contributed by atoms with Gasteiger partial charge in [-0.3, -0.25) is 14.3 Å². The van der Waals surface area contributed by atoms with Gasteiger partial charge in [-0.15, -0.1) is 0 Å². The van der Waals surface area contributed by atoms with Crippen LogP contribution in [0, 0.1) is 0 Å². The highest BCUT2D eigenvalue weighted by atomic mass is 16.4. The van der Waals surface area contributed by atoms with Crippen LogP contribution in [0.5, 0.6) is 0 Å². The quantitative estimate of drug-likeness (QED) is 0.752. The van der Waals surface area contributed by atoms with Gasteiger partial charge in [-0.05, 0) is 0 Å². The highest BCUT2D eigenvalue weighted by Crippen LogP contribution is 1.97. The van der Waals surface area contributed by atoms with Crippen LogP contribution >= 0.6 is 0 Å². The summed E-state index contributed by atoms with van der Waals surface area (Å²) in [6, 6.07) is 0. The van der Waals surface area contributed by atoms with Gasteiger partial charge in [0, 0.05) is 38.6 Å². The van der Waals surface area contributed by atoms with Crippen molar-refractivity contribution in [1.29, 1.82) is 0 Å². The molecule has 19 heavy (non-hydrogen) atoms. The Morgan fingerprint density at radius 2 is 2.21 bits per heavy atom. The van der Waals surface area contributed by atoms with Crippen molar-refractivity contribution in [3.05, 3.63) is 50.8 Å². The van der Waals surface area contributed by atoms with E-state index in [2.05, 4.69) is 4.98 Å². The maximum atomic E-state index is 11.5. The van der Waals surface area contributed by atoms with Crippen molar-refractivity contribution in [3.8, 4) is 0 Å². The molecular weight excluding hydrogens is 252 g/mol. The normalized spacial score (nSPS) is 10.6. The fourth-order valence-corrected chi connectivity index (χ4v) is 1.69. The lowest BCUT2D eigenvalue weighted by molar-refractivity contribution is 0.0693. The number of aromatic carboxylic acids is 1. The summed E-state index contributed by atoms with van der Waals surface area (Å²) in [7, 11) is 1.82. The average molecular weight is 264 g/mol. The number of nitrogens with one attached hydrogen (secondary N) is 1. The van der Waals surface area contributed by atoms with Crippen molar-refractivity contribution in [3.63, 3.8) is 0 Å². The van der Waals surface area contributed by atoms with Gasteiger partial charge in [-0.1, -0.05) is 0 Å². The predicted molar refractivity (Wildman–Crippen MR) is 65.2 cm³/mol. The molecule has 0 saturated carbocycles. The molecule has 0 aromatic carbocycles. The van der Waals surface area contributed by atoms with Crippen LogP contribution in [0.1, 0.15) is 16.2 Å². The zero-order chi connectivity index (χ0) is 14.0. The van der Waals surface area contributed by atoms with Crippen molar-refractivity contribution < 1.29 is 9.90 Å². The lowest BCUT2D eigenvalue weighted by Crippen LogP contribution is -2.33. The van der Waals surface area contributed by atoms with E-state index in [4.69, 9.17) is 5.11 Å². The van der Waals surface area contributed by atoms with E-state index in [0.717, 1.165) is 16.6 Å². The van der Waals surface area contributed by atoms with E-state index in [1.165, 1.54) is 0 Å². The number of rotatable bonds is 4. The van der Waals surface area contributed by atoms with E-state index in [0.29, 0.717) is 6.42 Å². The van der Waals surface area contributed by atoms with Gasteiger partial charge in [0.25, 0.3) is 5.56 Å². The molecule has 0 unspecified atom stereocenters. The van der Waals surface area contributed by atoms with Crippen LogP contribution in [0.25, 0.3) is 0 Å². The van der Waals surface area contributed by atoms with E-state index in [1.54, 1.807) is 17.0 Å². The average Bonchev–Trinajstić information content (AvgIpc) is 2.73. The van der Waals surface area contributed by atoms with Crippen molar-refractivity contribution in [2.45, 2.75) is 13.0 Å². The molecule has 0 amide bonds. The fraction of sp³-hybridized carbons (Fsp3) is 0.273. The molecule has 2 aromatic rings. The standard InChI is InChI=1S/C11H12N4O4/c1-14-5-3-12-8(14)2-4-15-6-7(10(17)18)9(16)13-11(15)19/h3,5-6H,2,4H2,1H3,(H,17,18)(H,13,16,19). The van der Waals surface area contributed by atoms with Crippen molar-refractivity contribution in [2.75, 3.05) is 0 Å². The highest BCUT2D eigenvalue weighted by Gasteiger charge is 2.11. The molecule has 0 atom stereocenters. The molecule has 2 rings (SSSR count). The van der Waals surface area contributed by atoms with Crippen LogP contribution in [0.15, 0.2) is 28.2 Å². The Morgan fingerprint density at radius 1 is 1.47 bits per heavy atom. The van der Waals surface area contributed by atoms with Crippen LogP contribution in [0.4, 0.5) is 0 Å². The second-order valence-electron chi connectivity index (χ2n) is 4.00. The molecule has 0 spiro atoms. The molecule has 0 aliphatic carbocycles. The topological polar surface area (TPSA) is 110 Å². The maximum absolute atomic E-state index is 11.5. The van der Waals surface area contributed by atoms with E-state index >= 15 is 0 Å². The first-order valence-corrected chi connectivity index (χ1v) is 5.52. The third kappa shape index (κ3) is 2.62. The number of nitrogens with zero attached hydrogens (tertiary/aromatic N) is 3. The van der Waals surface area contributed by atoms with Gasteiger partial charge in [0.15, 0.2) is 0 Å². The number of carboxylic acid groups (broad SMARTS) is 1. The van der Waals surface area contributed by atoms with Crippen molar-refractivity contribution >= 4 is 5.97 Å². The van der Waals surface area contributed by atoms with Crippen LogP contribution in [0.3, 0.4) is 0 Å². The minimum atomic E-state index is -1.37. The number of H-pyrrole nitrogens is 1. The van der Waals surface area contributed by atoms with Crippen LogP contribution in [-0.4, -0.2) is 30.2 Å². The summed E-state index contributed by atoms with van der Waals surface area (Å²) >= 11 is 0. The number of carbonyl (C=O) groups is 1. The number of aromatic nitrogens is 4. The predicted octanol–water partition coefficient (Wildman–Crippen LogP) is -0.789. The Morgan fingerprint density at radius 3 is 2.79 bits per heavy atom. The van der Waals surface area contributed by atoms with Gasteiger partial charge >= 0.3 is 11.7 Å². The molecule has 0 saturated heterocycles. The number of carboxylic acids is 1. The third-order valence-electron chi connectivity index (χ3n) is 2.74. The summed E-state index contributed by atoms with van der Waals surface area (Å²) < 4.78 is 2.95. The SMILES string of the molecule is Cn1ccnc1CCn1cc(C(=O)O)c(=O)[nH]c1=O. The van der Waals surface area contributed by atoms with E-state index in [9.17, 15) is 14.4 Å². The zero-order valence-corrected chi connectivity index (χ0v) is 10.2. The number of hydrogen-bond acceptors (Lipinski definition) is 4. The molecule has 2 heterocycles. The molecule has 100 valence electrons. The molecule has 2 aromatic heterocycles. The maximum Gasteiger partial charge on any atom is 0.342 e. The Bertz CT molecular complexity index is 725. The van der Waals surface area contributed by atoms with Gasteiger partial charge in [-0.2, -0.15) is 0 Å². The molecule has 0 bridgehead atoms. The van der Waals surface area contributed by atoms with Crippen molar-refractivity contribution in [2.24, 2.45) is 7.05 Å². The molecule has 0 aliphatic heterocycles. The number of aryl methyl sites for hydroxylation is 3. The molecule has 2 N–H and O–H groups in total. The first kappa shape index (κ1) is 12.8. The van der Waals surface area contributed by atoms with Gasteiger partial charge in [0.1, 0.15) is 11.4 Å². The third-order valence-corrected chi connectivity index (χ3v) is 2.74. The lowest BCUT2D eigenvalue weighted by atomic mass is 10.3. The number of hydrogen-bond donors (Lipinski definition) is 2. The van der Waals surface area contributed by atoms with Gasteiger partial charge in [-0.25, -0.2) is 14.6 Å². The summed E-state index contributed by atoms with van der Waals surface area (Å²) in [5, 5.41) is 8.83. The molecule has 0 aliphatic rings. The Hall–Kier alpha value is -2.64. The van der Waals surface area contributed by atoms with Crippen LogP contribution in [0.2, 0.25) is 0 Å². The Labute approximate surface area is 107 Å². The zero-order valence-electron chi connectivity index (χ0n) is 10.2.